The summed E-state index contributed by atoms with van der Waals surface area (Å²) in [6.45, 7) is 0. The third kappa shape index (κ3) is 5.75. The topological polar surface area (TPSA) is 95.5 Å². The van der Waals surface area contributed by atoms with Gasteiger partial charge in [-0.25, -0.2) is 0 Å². The van der Waals surface area contributed by atoms with Gasteiger partial charge in [0.2, 0.25) is 0 Å². The molecule has 0 radical (unpaired) electrons. The van der Waals surface area contributed by atoms with Crippen LogP contribution in [0.5, 0.6) is 0 Å². The number of fused-ring (bicyclic) bond motifs is 1. The van der Waals surface area contributed by atoms with Crippen molar-refractivity contribution in [3.63, 3.8) is 0 Å². The van der Waals surface area contributed by atoms with Crippen LogP contribution in [-0.4, -0.2) is 42.7 Å². The Bertz CT molecular complexity index is 734. The third-order valence-electron chi connectivity index (χ3n) is 6.36. The van der Waals surface area contributed by atoms with E-state index in [2.05, 4.69) is 16.7 Å². The molecule has 2 aliphatic rings. The van der Waals surface area contributed by atoms with E-state index in [1.165, 1.54) is 17.5 Å². The average molecular weight is 398 g/mol. The molecule has 0 heterocycles. The summed E-state index contributed by atoms with van der Waals surface area (Å²) in [5.41, 5.74) is 3.57. The second-order valence-corrected chi connectivity index (χ2v) is 8.32. The Morgan fingerprint density at radius 3 is 2.59 bits per heavy atom. The van der Waals surface area contributed by atoms with Crippen molar-refractivity contribution in [1.29, 1.82) is 0 Å². The van der Waals surface area contributed by atoms with E-state index in [1.807, 2.05) is 12.1 Å². The van der Waals surface area contributed by atoms with Crippen LogP contribution < -0.4 is 10.6 Å². The summed E-state index contributed by atoms with van der Waals surface area (Å²) in [6.07, 6.45) is 9.81. The van der Waals surface area contributed by atoms with Crippen molar-refractivity contribution in [3.05, 3.63) is 34.9 Å². The molecule has 0 unspecified atom stereocenters. The van der Waals surface area contributed by atoms with Crippen LogP contribution in [0.25, 0.3) is 0 Å². The van der Waals surface area contributed by atoms with Gasteiger partial charge in [-0.3, -0.25) is 0 Å². The van der Waals surface area contributed by atoms with Crippen molar-refractivity contribution >= 4 is 19.0 Å². The van der Waals surface area contributed by atoms with Crippen LogP contribution in [0.3, 0.4) is 0 Å². The number of aryl methyl sites for hydroxylation is 1. The van der Waals surface area contributed by atoms with Gasteiger partial charge in [-0.15, -0.1) is 0 Å². The predicted octanol–water partition coefficient (Wildman–Crippen LogP) is 2.22. The normalized spacial score (nSPS) is 18.9. The van der Waals surface area contributed by atoms with Crippen LogP contribution in [0.4, 0.5) is 0 Å². The molecule has 1 amide bonds. The molecule has 0 bridgehead atoms. The zero-order chi connectivity index (χ0) is 20.6. The van der Waals surface area contributed by atoms with Gasteiger partial charge in [0.1, 0.15) is 0 Å². The van der Waals surface area contributed by atoms with E-state index in [0.29, 0.717) is 0 Å². The molecule has 3 rings (SSSR count). The van der Waals surface area contributed by atoms with Crippen molar-refractivity contribution in [3.8, 4) is 0 Å². The Hall–Kier alpha value is -2.02. The fourth-order valence-corrected chi connectivity index (χ4v) is 4.85. The number of benzene rings is 1. The minimum absolute atomic E-state index is 0.0958. The Kier molecular flexibility index (Phi) is 7.98. The quantitative estimate of drug-likeness (QED) is 0.555. The van der Waals surface area contributed by atoms with Gasteiger partial charge >= 0.3 is 173 Å². The van der Waals surface area contributed by atoms with Gasteiger partial charge in [-0.2, -0.15) is 0 Å². The summed E-state index contributed by atoms with van der Waals surface area (Å²) in [5, 5.41) is 15.5. The number of carbonyl (C=O) groups excluding carboxylic acids is 1. The summed E-state index contributed by atoms with van der Waals surface area (Å²) in [4.78, 5) is 24.9. The Morgan fingerprint density at radius 1 is 1.10 bits per heavy atom. The zero-order valence-corrected chi connectivity index (χ0v) is 17.0. The first kappa shape index (κ1) is 21.7. The first-order chi connectivity index (χ1) is 14.1. The monoisotopic (exact) mass is 398 g/mol. The van der Waals surface area contributed by atoms with E-state index in [4.69, 9.17) is 0 Å². The van der Waals surface area contributed by atoms with Gasteiger partial charge in [-0.05, 0) is 0 Å². The van der Waals surface area contributed by atoms with Gasteiger partial charge < -0.3 is 0 Å². The van der Waals surface area contributed by atoms with Gasteiger partial charge in [0, 0.05) is 0 Å². The second-order valence-electron chi connectivity index (χ2n) is 8.32. The summed E-state index contributed by atoms with van der Waals surface area (Å²) >= 11 is 0. The van der Waals surface area contributed by atoms with Crippen molar-refractivity contribution in [1.82, 2.24) is 10.6 Å². The van der Waals surface area contributed by atoms with E-state index in [0.717, 1.165) is 64.1 Å². The van der Waals surface area contributed by atoms with Crippen LogP contribution in [0.1, 0.15) is 61.6 Å². The molecule has 1 aromatic carbocycles. The number of carboxylic acid groups (broad SMARTS) is 1. The van der Waals surface area contributed by atoms with Crippen molar-refractivity contribution in [2.75, 3.05) is 6.44 Å². The van der Waals surface area contributed by atoms with Crippen LogP contribution in [0, 0.1) is 5.92 Å². The van der Waals surface area contributed by atoms with E-state index >= 15 is 0 Å². The molecule has 0 spiro atoms. The first-order valence-corrected chi connectivity index (χ1v) is 10.9. The van der Waals surface area contributed by atoms with Gasteiger partial charge in [0.15, 0.2) is 0 Å². The third-order valence-corrected chi connectivity index (χ3v) is 6.36. The first-order valence-electron chi connectivity index (χ1n) is 10.9. The van der Waals surface area contributed by atoms with E-state index in [1.54, 1.807) is 0 Å². The maximum absolute atomic E-state index is 13.0. The van der Waals surface area contributed by atoms with Crippen molar-refractivity contribution in [2.24, 2.45) is 5.92 Å². The molecule has 1 saturated carbocycles. The van der Waals surface area contributed by atoms with Crippen molar-refractivity contribution < 1.29 is 19.4 Å². The number of carbonyl (C=O) groups is 2. The zero-order valence-electron chi connectivity index (χ0n) is 17.0. The van der Waals surface area contributed by atoms with Gasteiger partial charge in [-0.1, -0.05) is 0 Å². The molecule has 7 heteroatoms. The molecule has 2 atom stereocenters. The van der Waals surface area contributed by atoms with Gasteiger partial charge in [0.25, 0.3) is 0 Å². The Balaban J connectivity index is 1.72. The van der Waals surface area contributed by atoms with Crippen molar-refractivity contribution in [2.45, 2.75) is 76.3 Å². The number of nitrogens with one attached hydrogen (secondary N) is 2. The molecule has 0 saturated heterocycles. The van der Waals surface area contributed by atoms with Crippen LogP contribution >= 0.6 is 0 Å². The van der Waals surface area contributed by atoms with Gasteiger partial charge in [0.05, 0.1) is 0 Å². The van der Waals surface area contributed by atoms with E-state index in [9.17, 15) is 19.4 Å². The fourth-order valence-electron chi connectivity index (χ4n) is 4.85. The molecule has 6 nitrogen and oxygen atoms in total. The summed E-state index contributed by atoms with van der Waals surface area (Å²) in [5.74, 6) is -1.19. The summed E-state index contributed by atoms with van der Waals surface area (Å²) in [7, 11) is 0.744. The average Bonchev–Trinajstić information content (AvgIpc) is 2.74. The van der Waals surface area contributed by atoms with Crippen LogP contribution in [-0.2, 0) is 33.6 Å². The fraction of sp³-hybridized carbons (Fsp3) is 0.636. The molecule has 156 valence electrons. The standard InChI is InChI=1S/C22H31BN2O4/c26-21(20(24-14-23-29)16-8-2-1-3-9-16)25-19(22(27)28)13-17-11-6-10-15-7-4-5-12-18(15)17/h6,10-11,16,19-20,24H,1-5,7-9,12-14H2,(H,25,26)(H,27,28)/t19-,20-/m0/s1. The number of amides is 1. The molecule has 1 aromatic rings. The van der Waals surface area contributed by atoms with E-state index < -0.39 is 18.1 Å². The molecule has 29 heavy (non-hydrogen) atoms. The molecule has 0 aliphatic heterocycles. The number of aliphatic carboxylic acids is 1. The Morgan fingerprint density at radius 2 is 1.86 bits per heavy atom. The molecule has 3 N–H and O–H groups in total. The van der Waals surface area contributed by atoms with Crippen LogP contribution in [0.2, 0.25) is 0 Å². The molecule has 2 aliphatic carbocycles. The van der Waals surface area contributed by atoms with Crippen LogP contribution in [0.15, 0.2) is 18.2 Å². The predicted molar refractivity (Wildman–Crippen MR) is 111 cm³/mol. The number of hydrogen-bond acceptors (Lipinski definition) is 4. The second kappa shape index (κ2) is 10.7. The summed E-state index contributed by atoms with van der Waals surface area (Å²) in [6, 6.07) is 4.59. The molecular formula is C22H31BN2O4. The Labute approximate surface area is 173 Å². The SMILES string of the molecule is O=BCN[C@H](C(=O)N[C@@H](Cc1cccc2c1CCCC2)C(=O)O)C1CCCCC1. The minimum atomic E-state index is -1.02. The number of rotatable bonds is 9. The number of hydrogen-bond donors (Lipinski definition) is 3. The molecule has 0 aromatic heterocycles. The maximum atomic E-state index is 13.0. The summed E-state index contributed by atoms with van der Waals surface area (Å²) < 4.78 is 10.8. The number of carboxylic acids is 1. The van der Waals surface area contributed by atoms with E-state index in [-0.39, 0.29) is 24.7 Å². The molecular weight excluding hydrogens is 367 g/mol. The molecule has 1 fully saturated rings.